The Kier molecular flexibility index (Phi) is 4.54. The molecule has 0 bridgehead atoms. The van der Waals surface area contributed by atoms with Gasteiger partial charge in [-0.3, -0.25) is 10.00 Å². The average Bonchev–Trinajstić information content (AvgIpc) is 2.92. The van der Waals surface area contributed by atoms with Crippen LogP contribution in [0.5, 0.6) is 0 Å². The minimum absolute atomic E-state index is 0.304. The maximum absolute atomic E-state index is 9.45. The van der Waals surface area contributed by atoms with Crippen LogP contribution in [0.3, 0.4) is 0 Å². The fourth-order valence-corrected chi connectivity index (χ4v) is 4.01. The van der Waals surface area contributed by atoms with Crippen LogP contribution in [-0.4, -0.2) is 27.1 Å². The van der Waals surface area contributed by atoms with Gasteiger partial charge in [0, 0.05) is 12.3 Å². The Morgan fingerprint density at radius 3 is 3.05 bits per heavy atom. The molecule has 2 rings (SSSR count). The van der Waals surface area contributed by atoms with Gasteiger partial charge in [-0.25, -0.2) is 0 Å². The van der Waals surface area contributed by atoms with E-state index >= 15 is 0 Å². The molecule has 1 fully saturated rings. The lowest BCUT2D eigenvalue weighted by atomic mass is 10.00. The summed E-state index contributed by atoms with van der Waals surface area (Å²) >= 11 is 1.86. The maximum Gasteiger partial charge on any atom is 0.107 e. The molecule has 1 aliphatic rings. The average molecular weight is 278 g/mol. The fraction of sp³-hybridized carbons (Fsp3) is 0.714. The maximum atomic E-state index is 9.45. The van der Waals surface area contributed by atoms with Crippen molar-refractivity contribution in [1.82, 2.24) is 15.1 Å². The summed E-state index contributed by atoms with van der Waals surface area (Å²) in [6.45, 7) is 5.08. The Morgan fingerprint density at radius 2 is 2.47 bits per heavy atom. The van der Waals surface area contributed by atoms with E-state index in [9.17, 15) is 5.26 Å². The first-order valence-electron chi connectivity index (χ1n) is 6.92. The summed E-state index contributed by atoms with van der Waals surface area (Å²) < 4.78 is 1.94. The third-order valence-corrected chi connectivity index (χ3v) is 5.00. The highest BCUT2D eigenvalue weighted by atomic mass is 32.2. The van der Waals surface area contributed by atoms with Gasteiger partial charge in [-0.15, -0.1) is 11.8 Å². The van der Waals surface area contributed by atoms with Crippen molar-refractivity contribution >= 4 is 11.8 Å². The van der Waals surface area contributed by atoms with Gasteiger partial charge in [0.15, 0.2) is 0 Å². The van der Waals surface area contributed by atoms with Crippen molar-refractivity contribution in [3.05, 3.63) is 11.8 Å². The normalized spacial score (nSPS) is 26.5. The minimum atomic E-state index is -0.304. The molecule has 0 saturated heterocycles. The zero-order valence-electron chi connectivity index (χ0n) is 11.9. The minimum Gasteiger partial charge on any atom is -0.299 e. The predicted octanol–water partition coefficient (Wildman–Crippen LogP) is 2.64. The van der Waals surface area contributed by atoms with Gasteiger partial charge >= 0.3 is 0 Å². The number of hydrogen-bond donors (Lipinski definition) is 1. The molecule has 0 amide bonds. The van der Waals surface area contributed by atoms with Gasteiger partial charge < -0.3 is 0 Å². The number of thioether (sulfide) groups is 1. The van der Waals surface area contributed by atoms with E-state index in [-0.39, 0.29) is 5.54 Å². The molecule has 0 radical (unpaired) electrons. The lowest BCUT2D eigenvalue weighted by Crippen LogP contribution is -2.42. The lowest BCUT2D eigenvalue weighted by Gasteiger charge is -2.22. The Bertz CT molecular complexity index is 476. The molecule has 5 heteroatoms. The van der Waals surface area contributed by atoms with Gasteiger partial charge in [0.25, 0.3) is 0 Å². The summed E-state index contributed by atoms with van der Waals surface area (Å²) in [5.74, 6) is 0. The number of nitriles is 1. The largest absolute Gasteiger partial charge is 0.299 e. The number of aryl methyl sites for hydroxylation is 2. The van der Waals surface area contributed by atoms with Gasteiger partial charge in [0.05, 0.1) is 16.8 Å². The second kappa shape index (κ2) is 5.98. The van der Waals surface area contributed by atoms with E-state index in [1.54, 1.807) is 0 Å². The second-order valence-corrected chi connectivity index (χ2v) is 6.67. The van der Waals surface area contributed by atoms with Crippen LogP contribution in [0.2, 0.25) is 0 Å². The van der Waals surface area contributed by atoms with E-state index in [1.165, 1.54) is 5.03 Å². The first-order valence-corrected chi connectivity index (χ1v) is 7.80. The number of nitrogens with one attached hydrogen (secondary N) is 1. The molecule has 2 unspecified atom stereocenters. The van der Waals surface area contributed by atoms with Crippen molar-refractivity contribution in [2.24, 2.45) is 7.05 Å². The van der Waals surface area contributed by atoms with Crippen molar-refractivity contribution in [3.63, 3.8) is 0 Å². The van der Waals surface area contributed by atoms with Gasteiger partial charge in [0.2, 0.25) is 0 Å². The third kappa shape index (κ3) is 3.31. The molecule has 1 saturated carbocycles. The second-order valence-electron chi connectivity index (χ2n) is 5.35. The molecule has 1 aliphatic carbocycles. The number of hydrogen-bond acceptors (Lipinski definition) is 4. The van der Waals surface area contributed by atoms with Crippen molar-refractivity contribution in [2.45, 2.75) is 55.3 Å². The Morgan fingerprint density at radius 1 is 1.68 bits per heavy atom. The molecular formula is C14H22N4S. The molecule has 1 N–H and O–H groups in total. The van der Waals surface area contributed by atoms with Gasteiger partial charge in [-0.1, -0.05) is 6.92 Å². The van der Waals surface area contributed by atoms with Crippen molar-refractivity contribution in [2.75, 3.05) is 6.54 Å². The van der Waals surface area contributed by atoms with Crippen LogP contribution in [0.1, 0.15) is 38.3 Å². The molecule has 1 aromatic heterocycles. The van der Waals surface area contributed by atoms with Crippen molar-refractivity contribution in [3.8, 4) is 6.07 Å². The smallest absolute Gasteiger partial charge is 0.107 e. The SMILES string of the molecule is CCCNC1(C#N)CCC(Sc2cc(C)nn2C)C1. The summed E-state index contributed by atoms with van der Waals surface area (Å²) in [7, 11) is 1.98. The van der Waals surface area contributed by atoms with Crippen molar-refractivity contribution in [1.29, 1.82) is 5.26 Å². The standard InChI is InChI=1S/C14H22N4S/c1-4-7-16-14(10-15)6-5-12(9-14)19-13-8-11(2)17-18(13)3/h8,12,16H,4-7,9H2,1-3H3. The highest BCUT2D eigenvalue weighted by molar-refractivity contribution is 7.99. The molecule has 1 heterocycles. The molecule has 0 aromatic carbocycles. The Hall–Kier alpha value is -0.990. The van der Waals surface area contributed by atoms with Crippen molar-refractivity contribution < 1.29 is 0 Å². The van der Waals surface area contributed by atoms with E-state index in [2.05, 4.69) is 29.5 Å². The summed E-state index contributed by atoms with van der Waals surface area (Å²) in [6, 6.07) is 4.62. The van der Waals surface area contributed by atoms with Crippen LogP contribution in [0.25, 0.3) is 0 Å². The van der Waals surface area contributed by atoms with Crippen LogP contribution >= 0.6 is 11.8 Å². The van der Waals surface area contributed by atoms with E-state index in [1.807, 2.05) is 30.4 Å². The molecule has 4 nitrogen and oxygen atoms in total. The number of rotatable bonds is 5. The predicted molar refractivity (Wildman–Crippen MR) is 78.1 cm³/mol. The molecule has 0 spiro atoms. The monoisotopic (exact) mass is 278 g/mol. The van der Waals surface area contributed by atoms with Crippen LogP contribution in [-0.2, 0) is 7.05 Å². The molecule has 0 aliphatic heterocycles. The first kappa shape index (κ1) is 14.4. The highest BCUT2D eigenvalue weighted by Crippen LogP contribution is 2.40. The number of aromatic nitrogens is 2. The van der Waals surface area contributed by atoms with E-state index in [0.717, 1.165) is 37.9 Å². The molecular weight excluding hydrogens is 256 g/mol. The Labute approximate surface area is 119 Å². The van der Waals surface area contributed by atoms with Crippen LogP contribution in [0.15, 0.2) is 11.1 Å². The highest BCUT2D eigenvalue weighted by Gasteiger charge is 2.39. The topological polar surface area (TPSA) is 53.6 Å². The zero-order valence-corrected chi connectivity index (χ0v) is 12.8. The summed E-state index contributed by atoms with van der Waals surface area (Å²) in [4.78, 5) is 0. The first-order chi connectivity index (χ1) is 9.08. The third-order valence-electron chi connectivity index (χ3n) is 3.64. The molecule has 19 heavy (non-hydrogen) atoms. The van der Waals surface area contributed by atoms with Crippen LogP contribution in [0, 0.1) is 18.3 Å². The van der Waals surface area contributed by atoms with Gasteiger partial charge in [0.1, 0.15) is 5.54 Å². The lowest BCUT2D eigenvalue weighted by molar-refractivity contribution is 0.424. The fourth-order valence-electron chi connectivity index (χ4n) is 2.63. The van der Waals surface area contributed by atoms with E-state index in [4.69, 9.17) is 0 Å². The van der Waals surface area contributed by atoms with Crippen LogP contribution < -0.4 is 5.32 Å². The summed E-state index contributed by atoms with van der Waals surface area (Å²) in [5, 5.41) is 19.0. The summed E-state index contributed by atoms with van der Waals surface area (Å²) in [5.41, 5.74) is 0.750. The summed E-state index contributed by atoms with van der Waals surface area (Å²) in [6.07, 6.45) is 4.05. The van der Waals surface area contributed by atoms with Crippen LogP contribution in [0.4, 0.5) is 0 Å². The molecule has 2 atom stereocenters. The molecule has 104 valence electrons. The molecule has 1 aromatic rings. The van der Waals surface area contributed by atoms with E-state index < -0.39 is 0 Å². The Balaban J connectivity index is 1.98. The van der Waals surface area contributed by atoms with Gasteiger partial charge in [-0.2, -0.15) is 10.4 Å². The zero-order chi connectivity index (χ0) is 13.9. The quantitative estimate of drug-likeness (QED) is 0.899. The van der Waals surface area contributed by atoms with Gasteiger partial charge in [-0.05, 0) is 45.2 Å². The number of nitrogens with zero attached hydrogens (tertiary/aromatic N) is 3. The van der Waals surface area contributed by atoms with E-state index in [0.29, 0.717) is 5.25 Å².